The van der Waals surface area contributed by atoms with E-state index in [1.165, 1.54) is 5.69 Å². The van der Waals surface area contributed by atoms with Crippen molar-refractivity contribution in [2.24, 2.45) is 0 Å². The van der Waals surface area contributed by atoms with E-state index in [0.29, 0.717) is 0 Å². The highest BCUT2D eigenvalue weighted by Crippen LogP contribution is 2.57. The van der Waals surface area contributed by atoms with Gasteiger partial charge in [-0.25, -0.2) is 4.79 Å². The summed E-state index contributed by atoms with van der Waals surface area (Å²) in [4.78, 5) is 12.0. The summed E-state index contributed by atoms with van der Waals surface area (Å²) in [7, 11) is 0. The number of benzene rings is 1. The van der Waals surface area contributed by atoms with Crippen molar-refractivity contribution in [3.8, 4) is 0 Å². The minimum absolute atomic E-state index is 1.11. The molecule has 1 aliphatic heterocycles. The summed E-state index contributed by atoms with van der Waals surface area (Å²) in [5.74, 6) is -33.6. The van der Waals surface area contributed by atoms with Crippen molar-refractivity contribution in [2.45, 2.75) is 29.9 Å². The number of alkyl halides is 11. The van der Waals surface area contributed by atoms with Gasteiger partial charge in [-0.2, -0.15) is 48.3 Å². The maximum atomic E-state index is 12.4. The predicted molar refractivity (Wildman–Crippen MR) is 85.0 cm³/mol. The molecule has 1 aromatic rings. The molecule has 2 N–H and O–H groups in total. The molecule has 4 nitrogen and oxygen atoms in total. The maximum absolute atomic E-state index is 12.4. The zero-order chi connectivity index (χ0) is 24.3. The molecule has 0 aliphatic carbocycles. The van der Waals surface area contributed by atoms with Gasteiger partial charge in [-0.1, -0.05) is 18.2 Å². The summed E-state index contributed by atoms with van der Waals surface area (Å²) >= 11 is 0. The van der Waals surface area contributed by atoms with Crippen LogP contribution in [0.1, 0.15) is 0 Å². The maximum Gasteiger partial charge on any atom is 0.460 e. The Kier molecular flexibility index (Phi) is 7.79. The summed E-state index contributed by atoms with van der Waals surface area (Å²) < 4.78 is 133. The number of nitrogens with one attached hydrogen (secondary N) is 1. The lowest BCUT2D eigenvalue weighted by Crippen LogP contribution is -2.68. The SMILES string of the molecule is O=C(O)C(F)(F)C(F)(F)C(F)(F)C(F)(F)C(F)(F)F.c1ccc(N2CCNCC2)cc1. The Balaban J connectivity index is 0.000000339. The topological polar surface area (TPSA) is 52.6 Å². The molecule has 1 aliphatic rings. The van der Waals surface area contributed by atoms with Gasteiger partial charge in [-0.15, -0.1) is 0 Å². The molecule has 1 heterocycles. The third kappa shape index (κ3) is 5.13. The molecule has 0 aromatic heterocycles. The Labute approximate surface area is 167 Å². The molecule has 0 spiro atoms. The molecule has 1 fully saturated rings. The molecule has 0 unspecified atom stereocenters. The van der Waals surface area contributed by atoms with Crippen LogP contribution in [-0.4, -0.2) is 67.1 Å². The summed E-state index contributed by atoms with van der Waals surface area (Å²) in [6, 6.07) is 10.6. The minimum atomic E-state index is -7.68. The average molecular weight is 476 g/mol. The molecule has 0 bridgehead atoms. The second-order valence-electron chi connectivity index (χ2n) is 6.17. The number of hydrogen-bond donors (Lipinski definition) is 2. The molecule has 0 radical (unpaired) electrons. The molecule has 0 saturated carbocycles. The lowest BCUT2D eigenvalue weighted by Gasteiger charge is -2.35. The van der Waals surface area contributed by atoms with Crippen molar-refractivity contribution in [3.63, 3.8) is 0 Å². The Bertz CT molecular complexity index is 733. The van der Waals surface area contributed by atoms with Crippen LogP contribution in [0.2, 0.25) is 0 Å². The molecule has 0 amide bonds. The first-order chi connectivity index (χ1) is 13.9. The average Bonchev–Trinajstić information content (AvgIpc) is 2.68. The number of halogens is 11. The van der Waals surface area contributed by atoms with Crippen LogP contribution in [-0.2, 0) is 4.79 Å². The van der Waals surface area contributed by atoms with E-state index in [2.05, 4.69) is 40.5 Å². The second kappa shape index (κ2) is 9.04. The molecule has 0 atom stereocenters. The lowest BCUT2D eigenvalue weighted by atomic mass is 9.98. The van der Waals surface area contributed by atoms with Crippen LogP contribution >= 0.6 is 0 Å². The normalized spacial score (nSPS) is 16.4. The van der Waals surface area contributed by atoms with E-state index in [1.807, 2.05) is 0 Å². The molecule has 178 valence electrons. The number of nitrogens with zero attached hydrogens (tertiary/aromatic N) is 1. The Morgan fingerprint density at radius 2 is 1.23 bits per heavy atom. The molecule has 1 saturated heterocycles. The van der Waals surface area contributed by atoms with Crippen LogP contribution in [0.5, 0.6) is 0 Å². The van der Waals surface area contributed by atoms with Crippen LogP contribution in [0, 0.1) is 0 Å². The Morgan fingerprint density at radius 3 is 1.61 bits per heavy atom. The van der Waals surface area contributed by atoms with Crippen molar-refractivity contribution in [1.82, 2.24) is 5.32 Å². The first-order valence-electron chi connectivity index (χ1n) is 8.23. The van der Waals surface area contributed by atoms with Gasteiger partial charge in [-0.05, 0) is 12.1 Å². The van der Waals surface area contributed by atoms with Crippen molar-refractivity contribution in [3.05, 3.63) is 30.3 Å². The molecule has 2 rings (SSSR count). The fraction of sp³-hybridized carbons (Fsp3) is 0.562. The first-order valence-corrected chi connectivity index (χ1v) is 8.23. The van der Waals surface area contributed by atoms with Gasteiger partial charge in [0.15, 0.2) is 0 Å². The number of piperazine rings is 1. The summed E-state index contributed by atoms with van der Waals surface area (Å²) in [6.45, 7) is 4.47. The molecular formula is C16H15F11N2O2. The molecule has 15 heteroatoms. The number of aliphatic carboxylic acids is 1. The summed E-state index contributed by atoms with van der Waals surface area (Å²) in [5.41, 5.74) is 1.35. The van der Waals surface area contributed by atoms with E-state index >= 15 is 0 Å². The van der Waals surface area contributed by atoms with Crippen molar-refractivity contribution in [1.29, 1.82) is 0 Å². The first kappa shape index (κ1) is 26.7. The van der Waals surface area contributed by atoms with E-state index in [4.69, 9.17) is 5.11 Å². The number of para-hydroxylation sites is 1. The van der Waals surface area contributed by atoms with Gasteiger partial charge in [0, 0.05) is 31.9 Å². The quantitative estimate of drug-likeness (QED) is 0.624. The van der Waals surface area contributed by atoms with Crippen molar-refractivity contribution < 1.29 is 58.2 Å². The fourth-order valence-corrected chi connectivity index (χ4v) is 2.27. The number of carbonyl (C=O) groups is 1. The van der Waals surface area contributed by atoms with Gasteiger partial charge in [-0.3, -0.25) is 0 Å². The fourth-order valence-electron chi connectivity index (χ4n) is 2.27. The van der Waals surface area contributed by atoms with Gasteiger partial charge in [0.25, 0.3) is 0 Å². The predicted octanol–water partition coefficient (Wildman–Crippen LogP) is 4.27. The number of carboxylic acid groups (broad SMARTS) is 1. The van der Waals surface area contributed by atoms with Crippen LogP contribution in [0.3, 0.4) is 0 Å². The molecule has 31 heavy (non-hydrogen) atoms. The second-order valence-corrected chi connectivity index (χ2v) is 6.17. The van der Waals surface area contributed by atoms with Gasteiger partial charge in [0.2, 0.25) is 0 Å². The third-order valence-electron chi connectivity index (χ3n) is 4.05. The summed E-state index contributed by atoms with van der Waals surface area (Å²) in [5, 5.41) is 10.9. The highest BCUT2D eigenvalue weighted by atomic mass is 19.4. The van der Waals surface area contributed by atoms with E-state index in [9.17, 15) is 53.1 Å². The van der Waals surface area contributed by atoms with Crippen molar-refractivity contribution >= 4 is 11.7 Å². The minimum Gasteiger partial charge on any atom is -0.477 e. The van der Waals surface area contributed by atoms with Crippen LogP contribution in [0.15, 0.2) is 30.3 Å². The van der Waals surface area contributed by atoms with Gasteiger partial charge in [0.1, 0.15) is 0 Å². The van der Waals surface area contributed by atoms with Crippen molar-refractivity contribution in [2.75, 3.05) is 31.1 Å². The number of anilines is 1. The largest absolute Gasteiger partial charge is 0.477 e. The monoisotopic (exact) mass is 476 g/mol. The van der Waals surface area contributed by atoms with E-state index in [-0.39, 0.29) is 0 Å². The van der Waals surface area contributed by atoms with Gasteiger partial charge >= 0.3 is 35.8 Å². The lowest BCUT2D eigenvalue weighted by molar-refractivity contribution is -0.418. The van der Waals surface area contributed by atoms with Crippen LogP contribution in [0.4, 0.5) is 54.0 Å². The van der Waals surface area contributed by atoms with E-state index in [1.54, 1.807) is 0 Å². The molecular weight excluding hydrogens is 461 g/mol. The highest BCUT2D eigenvalue weighted by Gasteiger charge is 2.88. The van der Waals surface area contributed by atoms with Gasteiger partial charge < -0.3 is 15.3 Å². The highest BCUT2D eigenvalue weighted by molar-refractivity contribution is 5.77. The summed E-state index contributed by atoms with van der Waals surface area (Å²) in [6.07, 6.45) is -7.30. The van der Waals surface area contributed by atoms with Gasteiger partial charge in [0.05, 0.1) is 0 Å². The van der Waals surface area contributed by atoms with Crippen LogP contribution in [0.25, 0.3) is 0 Å². The Morgan fingerprint density at radius 1 is 0.774 bits per heavy atom. The zero-order valence-corrected chi connectivity index (χ0v) is 15.2. The number of hydrogen-bond acceptors (Lipinski definition) is 3. The Hall–Kier alpha value is -2.32. The zero-order valence-electron chi connectivity index (χ0n) is 15.2. The third-order valence-corrected chi connectivity index (χ3v) is 4.05. The number of carboxylic acids is 1. The number of rotatable bonds is 5. The van der Waals surface area contributed by atoms with E-state index < -0.39 is 35.8 Å². The standard InChI is InChI=1S/C10H14N2.C6HF11O2/c1-2-4-10(5-3-1)12-8-6-11-7-9-12;7-2(8,1(18)19)3(9,10)4(11,12)5(13,14)6(15,16)17/h1-5,11H,6-9H2;(H,18,19). The van der Waals surface area contributed by atoms with Crippen LogP contribution < -0.4 is 10.2 Å². The smallest absolute Gasteiger partial charge is 0.460 e. The van der Waals surface area contributed by atoms with E-state index in [0.717, 1.165) is 26.2 Å². The molecule has 1 aromatic carbocycles.